The van der Waals surface area contributed by atoms with E-state index in [4.69, 9.17) is 0 Å². The molecule has 0 aromatic rings. The Hall–Kier alpha value is -0.740. The Balaban J connectivity index is 2.63. The molecule has 0 aromatic carbocycles. The van der Waals surface area contributed by atoms with Crippen molar-refractivity contribution in [2.24, 2.45) is 11.8 Å². The topological polar surface area (TPSA) is 20.3 Å². The first kappa shape index (κ1) is 14.3. The van der Waals surface area contributed by atoms with Gasteiger partial charge in [0.15, 0.2) is 0 Å². The minimum absolute atomic E-state index is 0.0289. The van der Waals surface area contributed by atoms with Crippen LogP contribution in [0.1, 0.15) is 39.5 Å². The van der Waals surface area contributed by atoms with Crippen LogP contribution in [0.25, 0.3) is 0 Å². The highest BCUT2D eigenvalue weighted by atomic mass is 19.4. The third-order valence-electron chi connectivity index (χ3n) is 3.56. The van der Waals surface area contributed by atoms with Gasteiger partial charge in [0, 0.05) is 19.0 Å². The van der Waals surface area contributed by atoms with Gasteiger partial charge in [-0.1, -0.05) is 6.42 Å². The molecule has 0 aliphatic heterocycles. The molecule has 2 unspecified atom stereocenters. The second kappa shape index (κ2) is 5.74. The molecule has 17 heavy (non-hydrogen) atoms. The van der Waals surface area contributed by atoms with Crippen LogP contribution in [0.2, 0.25) is 0 Å². The highest BCUT2D eigenvalue weighted by molar-refractivity contribution is 5.78. The Morgan fingerprint density at radius 3 is 2.29 bits per heavy atom. The molecule has 1 rings (SSSR count). The Kier molecular flexibility index (Phi) is 4.83. The lowest BCUT2D eigenvalue weighted by Crippen LogP contribution is -2.40. The number of nitrogens with zero attached hydrogens (tertiary/aromatic N) is 1. The average molecular weight is 251 g/mol. The van der Waals surface area contributed by atoms with Gasteiger partial charge in [0.2, 0.25) is 5.91 Å². The largest absolute Gasteiger partial charge is 0.391 e. The monoisotopic (exact) mass is 251 g/mol. The van der Waals surface area contributed by atoms with Gasteiger partial charge in [-0.15, -0.1) is 0 Å². The number of rotatable bonds is 3. The van der Waals surface area contributed by atoms with Crippen molar-refractivity contribution in [1.29, 1.82) is 0 Å². The predicted molar refractivity (Wildman–Crippen MR) is 59.4 cm³/mol. The van der Waals surface area contributed by atoms with E-state index in [1.807, 2.05) is 13.8 Å². The lowest BCUT2D eigenvalue weighted by atomic mass is 9.80. The lowest BCUT2D eigenvalue weighted by Gasteiger charge is -2.32. The molecule has 0 saturated heterocycles. The van der Waals surface area contributed by atoms with Crippen LogP contribution in [0.4, 0.5) is 13.2 Å². The molecule has 2 nitrogen and oxygen atoms in total. The van der Waals surface area contributed by atoms with Crippen molar-refractivity contribution in [2.45, 2.75) is 45.7 Å². The van der Waals surface area contributed by atoms with Gasteiger partial charge in [-0.2, -0.15) is 13.2 Å². The van der Waals surface area contributed by atoms with Crippen molar-refractivity contribution < 1.29 is 18.0 Å². The molecule has 5 heteroatoms. The van der Waals surface area contributed by atoms with E-state index < -0.39 is 18.0 Å². The average Bonchev–Trinajstić information content (AvgIpc) is 2.29. The van der Waals surface area contributed by atoms with Crippen molar-refractivity contribution in [2.75, 3.05) is 13.1 Å². The number of carbonyl (C=O) groups is 1. The highest BCUT2D eigenvalue weighted by Gasteiger charge is 2.43. The van der Waals surface area contributed by atoms with E-state index in [2.05, 4.69) is 0 Å². The van der Waals surface area contributed by atoms with Crippen LogP contribution in [0.15, 0.2) is 0 Å². The van der Waals surface area contributed by atoms with Crippen LogP contribution in [0, 0.1) is 11.8 Å². The number of halogens is 3. The fraction of sp³-hybridized carbons (Fsp3) is 0.917. The second-order valence-electron chi connectivity index (χ2n) is 4.61. The summed E-state index contributed by atoms with van der Waals surface area (Å²) in [6.07, 6.45) is -2.91. The molecule has 0 spiro atoms. The predicted octanol–water partition coefficient (Wildman–Crippen LogP) is 3.22. The van der Waals surface area contributed by atoms with Gasteiger partial charge in [-0.25, -0.2) is 0 Å². The number of amides is 1. The molecule has 100 valence electrons. The van der Waals surface area contributed by atoms with Crippen molar-refractivity contribution in [3.63, 3.8) is 0 Å². The van der Waals surface area contributed by atoms with Gasteiger partial charge < -0.3 is 4.90 Å². The number of hydrogen-bond acceptors (Lipinski definition) is 1. The summed E-state index contributed by atoms with van der Waals surface area (Å²) >= 11 is 0. The highest BCUT2D eigenvalue weighted by Crippen LogP contribution is 2.40. The van der Waals surface area contributed by atoms with E-state index in [-0.39, 0.29) is 18.7 Å². The van der Waals surface area contributed by atoms with E-state index in [0.717, 1.165) is 0 Å². The van der Waals surface area contributed by atoms with Gasteiger partial charge in [-0.3, -0.25) is 4.79 Å². The quantitative estimate of drug-likeness (QED) is 0.754. The van der Waals surface area contributed by atoms with Gasteiger partial charge in [0.05, 0.1) is 5.92 Å². The minimum atomic E-state index is -4.15. The third-order valence-corrected chi connectivity index (χ3v) is 3.56. The van der Waals surface area contributed by atoms with E-state index in [1.54, 1.807) is 4.90 Å². The zero-order chi connectivity index (χ0) is 13.1. The summed E-state index contributed by atoms with van der Waals surface area (Å²) in [7, 11) is 0. The zero-order valence-corrected chi connectivity index (χ0v) is 10.4. The Bertz CT molecular complexity index is 261. The number of carbonyl (C=O) groups excluding carboxylic acids is 1. The van der Waals surface area contributed by atoms with Gasteiger partial charge in [0.1, 0.15) is 0 Å². The molecule has 0 heterocycles. The van der Waals surface area contributed by atoms with E-state index in [1.165, 1.54) is 0 Å². The molecule has 1 aliphatic carbocycles. The Morgan fingerprint density at radius 2 is 1.82 bits per heavy atom. The maximum absolute atomic E-state index is 12.6. The summed E-state index contributed by atoms with van der Waals surface area (Å²) < 4.78 is 37.9. The molecule has 0 aromatic heterocycles. The molecule has 2 atom stereocenters. The van der Waals surface area contributed by atoms with Crippen LogP contribution in [-0.4, -0.2) is 30.1 Å². The first-order valence-corrected chi connectivity index (χ1v) is 6.25. The van der Waals surface area contributed by atoms with Crippen LogP contribution in [0.5, 0.6) is 0 Å². The normalized spacial score (nSPS) is 25.7. The first-order valence-electron chi connectivity index (χ1n) is 6.25. The van der Waals surface area contributed by atoms with Crippen molar-refractivity contribution >= 4 is 5.91 Å². The fourth-order valence-electron chi connectivity index (χ4n) is 2.50. The number of hydrogen-bond donors (Lipinski definition) is 0. The molecular formula is C12H20F3NO. The Labute approximate surface area is 100 Å². The second-order valence-corrected chi connectivity index (χ2v) is 4.61. The summed E-state index contributed by atoms with van der Waals surface area (Å²) in [5, 5.41) is 0. The molecule has 1 amide bonds. The maximum Gasteiger partial charge on any atom is 0.391 e. The van der Waals surface area contributed by atoms with E-state index in [9.17, 15) is 18.0 Å². The van der Waals surface area contributed by atoms with Gasteiger partial charge in [-0.05, 0) is 33.1 Å². The molecule has 1 fully saturated rings. The number of alkyl halides is 3. The molecule has 0 N–H and O–H groups in total. The molecule has 0 bridgehead atoms. The standard InChI is InChI=1S/C12H20F3NO/c1-3-16(4-2)11(17)9-6-5-7-10(8-9)12(13,14)15/h9-10H,3-8H2,1-2H3. The van der Waals surface area contributed by atoms with Crippen LogP contribution in [0.3, 0.4) is 0 Å². The van der Waals surface area contributed by atoms with Crippen LogP contribution >= 0.6 is 0 Å². The molecule has 1 saturated carbocycles. The Morgan fingerprint density at radius 1 is 1.24 bits per heavy atom. The van der Waals surface area contributed by atoms with Crippen LogP contribution < -0.4 is 0 Å². The van der Waals surface area contributed by atoms with Crippen molar-refractivity contribution in [3.05, 3.63) is 0 Å². The summed E-state index contributed by atoms with van der Waals surface area (Å²) in [5.41, 5.74) is 0. The first-order chi connectivity index (χ1) is 7.90. The fourth-order valence-corrected chi connectivity index (χ4v) is 2.50. The molecule has 1 aliphatic rings. The molecule has 0 radical (unpaired) electrons. The zero-order valence-electron chi connectivity index (χ0n) is 10.4. The van der Waals surface area contributed by atoms with Gasteiger partial charge in [0.25, 0.3) is 0 Å². The van der Waals surface area contributed by atoms with E-state index >= 15 is 0 Å². The summed E-state index contributed by atoms with van der Waals surface area (Å²) in [6.45, 7) is 4.85. The molecular weight excluding hydrogens is 231 g/mol. The SMILES string of the molecule is CCN(CC)C(=O)C1CCCC(C(F)(F)F)C1. The van der Waals surface area contributed by atoms with Crippen molar-refractivity contribution in [1.82, 2.24) is 4.90 Å². The summed E-state index contributed by atoms with van der Waals surface area (Å²) in [5.74, 6) is -1.83. The smallest absolute Gasteiger partial charge is 0.343 e. The lowest BCUT2D eigenvalue weighted by molar-refractivity contribution is -0.187. The maximum atomic E-state index is 12.6. The van der Waals surface area contributed by atoms with Crippen molar-refractivity contribution in [3.8, 4) is 0 Å². The minimum Gasteiger partial charge on any atom is -0.343 e. The van der Waals surface area contributed by atoms with E-state index in [0.29, 0.717) is 25.9 Å². The van der Waals surface area contributed by atoms with Crippen LogP contribution in [-0.2, 0) is 4.79 Å². The summed E-state index contributed by atoms with van der Waals surface area (Å²) in [6, 6.07) is 0. The van der Waals surface area contributed by atoms with Gasteiger partial charge >= 0.3 is 6.18 Å². The third kappa shape index (κ3) is 3.61. The summed E-state index contributed by atoms with van der Waals surface area (Å²) in [4.78, 5) is 13.6.